The molecule has 0 fully saturated rings. The second-order valence-electron chi connectivity index (χ2n) is 6.89. The summed E-state index contributed by atoms with van der Waals surface area (Å²) in [6, 6.07) is 12.9. The van der Waals surface area contributed by atoms with Crippen molar-refractivity contribution in [2.24, 2.45) is 5.73 Å². The molecule has 0 saturated carbocycles. The first-order valence-electron chi connectivity index (χ1n) is 9.10. The van der Waals surface area contributed by atoms with Crippen LogP contribution in [0.15, 0.2) is 48.5 Å². The summed E-state index contributed by atoms with van der Waals surface area (Å²) in [5.74, 6) is -1.06. The molecule has 1 aliphatic heterocycles. The number of nitrogens with zero attached hydrogens (tertiary/aromatic N) is 3. The van der Waals surface area contributed by atoms with Crippen LogP contribution in [0.1, 0.15) is 21.6 Å². The lowest BCUT2D eigenvalue weighted by molar-refractivity contribution is -0.132. The van der Waals surface area contributed by atoms with Crippen LogP contribution in [-0.4, -0.2) is 33.0 Å². The Bertz CT molecular complexity index is 1090. The molecule has 2 amide bonds. The van der Waals surface area contributed by atoms with E-state index in [1.54, 1.807) is 39.9 Å². The summed E-state index contributed by atoms with van der Waals surface area (Å²) in [6.07, 6.45) is 0.154. The molecule has 0 bridgehead atoms. The van der Waals surface area contributed by atoms with Crippen LogP contribution in [0.2, 0.25) is 5.02 Å². The number of hydrogen-bond donors (Lipinski definition) is 1. The quantitative estimate of drug-likeness (QED) is 0.715. The Hall–Kier alpha value is -3.19. The third-order valence-electron chi connectivity index (χ3n) is 4.95. The molecule has 6 nitrogen and oxygen atoms in total. The van der Waals surface area contributed by atoms with Gasteiger partial charge in [-0.2, -0.15) is 5.10 Å². The van der Waals surface area contributed by atoms with Gasteiger partial charge < -0.3 is 10.6 Å². The number of amides is 2. The smallest absolute Gasteiger partial charge is 0.252 e. The minimum atomic E-state index is -0.603. The predicted octanol–water partition coefficient (Wildman–Crippen LogP) is 3.03. The van der Waals surface area contributed by atoms with Crippen molar-refractivity contribution in [2.45, 2.75) is 19.5 Å². The number of primary amides is 1. The van der Waals surface area contributed by atoms with Gasteiger partial charge in [0.2, 0.25) is 5.91 Å². The lowest BCUT2D eigenvalue weighted by atomic mass is 10.0. The van der Waals surface area contributed by atoms with Gasteiger partial charge in [0, 0.05) is 17.1 Å². The molecule has 0 radical (unpaired) electrons. The number of carbonyl (C=O) groups is 2. The van der Waals surface area contributed by atoms with Crippen LogP contribution >= 0.6 is 11.6 Å². The van der Waals surface area contributed by atoms with E-state index in [9.17, 15) is 14.0 Å². The highest BCUT2D eigenvalue weighted by Crippen LogP contribution is 2.29. The second-order valence-corrected chi connectivity index (χ2v) is 7.32. The largest absolute Gasteiger partial charge is 0.365 e. The summed E-state index contributed by atoms with van der Waals surface area (Å²) in [4.78, 5) is 26.6. The Kier molecular flexibility index (Phi) is 5.07. The van der Waals surface area contributed by atoms with Crippen molar-refractivity contribution in [1.82, 2.24) is 14.7 Å². The zero-order valence-corrected chi connectivity index (χ0v) is 16.2. The summed E-state index contributed by atoms with van der Waals surface area (Å²) < 4.78 is 14.8. The highest BCUT2D eigenvalue weighted by molar-refractivity contribution is 6.30. The van der Waals surface area contributed by atoms with Gasteiger partial charge in [-0.1, -0.05) is 35.9 Å². The number of halogens is 2. The zero-order valence-electron chi connectivity index (χ0n) is 15.4. The number of rotatable bonds is 4. The zero-order chi connectivity index (χ0) is 20.5. The molecule has 3 aromatic rings. The summed E-state index contributed by atoms with van der Waals surface area (Å²) in [5.41, 5.74) is 8.43. The Morgan fingerprint density at radius 1 is 1.14 bits per heavy atom. The van der Waals surface area contributed by atoms with Crippen LogP contribution in [0.25, 0.3) is 11.3 Å². The normalized spacial score (nSPS) is 13.2. The Balaban J connectivity index is 1.62. The molecule has 2 heterocycles. The van der Waals surface area contributed by atoms with E-state index in [-0.39, 0.29) is 24.7 Å². The molecule has 0 atom stereocenters. The summed E-state index contributed by atoms with van der Waals surface area (Å²) in [6.45, 7) is 1.14. The molecule has 1 aliphatic rings. The van der Waals surface area contributed by atoms with E-state index in [1.807, 2.05) is 6.07 Å². The first-order chi connectivity index (χ1) is 13.9. The van der Waals surface area contributed by atoms with E-state index in [4.69, 9.17) is 17.3 Å². The van der Waals surface area contributed by atoms with E-state index in [1.165, 1.54) is 12.1 Å². The third-order valence-corrected chi connectivity index (χ3v) is 5.18. The van der Waals surface area contributed by atoms with Gasteiger partial charge in [0.1, 0.15) is 11.5 Å². The first-order valence-corrected chi connectivity index (χ1v) is 9.48. The van der Waals surface area contributed by atoms with Crippen LogP contribution in [-0.2, 0) is 24.3 Å². The molecular weight excluding hydrogens is 395 g/mol. The molecule has 0 spiro atoms. The van der Waals surface area contributed by atoms with Gasteiger partial charge in [0.05, 0.1) is 30.8 Å². The van der Waals surface area contributed by atoms with Gasteiger partial charge >= 0.3 is 0 Å². The Morgan fingerprint density at radius 2 is 1.90 bits per heavy atom. The molecule has 148 valence electrons. The van der Waals surface area contributed by atoms with Crippen molar-refractivity contribution >= 4 is 23.4 Å². The van der Waals surface area contributed by atoms with Gasteiger partial charge in [-0.05, 0) is 29.8 Å². The van der Waals surface area contributed by atoms with Gasteiger partial charge in [-0.25, -0.2) is 4.39 Å². The summed E-state index contributed by atoms with van der Waals surface area (Å²) in [7, 11) is 0. The van der Waals surface area contributed by atoms with Crippen LogP contribution in [0.4, 0.5) is 4.39 Å². The van der Waals surface area contributed by atoms with Crippen molar-refractivity contribution in [2.75, 3.05) is 6.54 Å². The number of hydrogen-bond acceptors (Lipinski definition) is 3. The topological polar surface area (TPSA) is 81.2 Å². The van der Waals surface area contributed by atoms with Crippen molar-refractivity contribution in [3.8, 4) is 11.3 Å². The number of carbonyl (C=O) groups excluding carboxylic acids is 2. The molecule has 0 saturated heterocycles. The molecule has 0 unspecified atom stereocenters. The van der Waals surface area contributed by atoms with E-state index < -0.39 is 5.91 Å². The van der Waals surface area contributed by atoms with Crippen LogP contribution < -0.4 is 5.73 Å². The van der Waals surface area contributed by atoms with Gasteiger partial charge in [-0.3, -0.25) is 14.3 Å². The fourth-order valence-electron chi connectivity index (χ4n) is 3.52. The SMILES string of the molecule is NC(=O)c1c(-c2cccc(Cl)c2)nn2c1CN(C(=O)Cc1ccc(F)cc1)CC2. The number of fused-ring (bicyclic) bond motifs is 1. The first kappa shape index (κ1) is 19.1. The maximum Gasteiger partial charge on any atom is 0.252 e. The maximum atomic E-state index is 13.1. The van der Waals surface area contributed by atoms with E-state index in [2.05, 4.69) is 5.10 Å². The molecule has 4 rings (SSSR count). The highest BCUT2D eigenvalue weighted by atomic mass is 35.5. The third kappa shape index (κ3) is 3.86. The fraction of sp³-hybridized carbons (Fsp3) is 0.190. The average Bonchev–Trinajstić information content (AvgIpc) is 3.08. The number of benzene rings is 2. The lowest BCUT2D eigenvalue weighted by Gasteiger charge is -2.28. The summed E-state index contributed by atoms with van der Waals surface area (Å²) >= 11 is 6.08. The predicted molar refractivity (Wildman–Crippen MR) is 107 cm³/mol. The standard InChI is InChI=1S/C21H18ClFN4O2/c22-15-3-1-2-14(11-15)20-19(21(24)29)17-12-26(8-9-27(17)25-20)18(28)10-13-4-6-16(23)7-5-13/h1-7,11H,8-10,12H2,(H2,24,29). The molecule has 0 aliphatic carbocycles. The molecule has 29 heavy (non-hydrogen) atoms. The Morgan fingerprint density at radius 3 is 2.59 bits per heavy atom. The average molecular weight is 413 g/mol. The maximum absolute atomic E-state index is 13.1. The van der Waals surface area contributed by atoms with E-state index in [0.29, 0.717) is 40.6 Å². The van der Waals surface area contributed by atoms with Gasteiger partial charge in [0.15, 0.2) is 0 Å². The van der Waals surface area contributed by atoms with Crippen molar-refractivity contribution in [3.05, 3.63) is 76.2 Å². The fourth-order valence-corrected chi connectivity index (χ4v) is 3.71. The van der Waals surface area contributed by atoms with Crippen LogP contribution in [0.5, 0.6) is 0 Å². The van der Waals surface area contributed by atoms with Crippen LogP contribution in [0, 0.1) is 5.82 Å². The summed E-state index contributed by atoms with van der Waals surface area (Å²) in [5, 5.41) is 5.08. The van der Waals surface area contributed by atoms with Crippen molar-refractivity contribution < 1.29 is 14.0 Å². The number of nitrogens with two attached hydrogens (primary N) is 1. The highest BCUT2D eigenvalue weighted by Gasteiger charge is 2.29. The van der Waals surface area contributed by atoms with Gasteiger partial charge in [-0.15, -0.1) is 0 Å². The van der Waals surface area contributed by atoms with E-state index >= 15 is 0 Å². The minimum Gasteiger partial charge on any atom is -0.365 e. The van der Waals surface area contributed by atoms with Crippen molar-refractivity contribution in [1.29, 1.82) is 0 Å². The van der Waals surface area contributed by atoms with Crippen LogP contribution in [0.3, 0.4) is 0 Å². The molecule has 8 heteroatoms. The van der Waals surface area contributed by atoms with Crippen molar-refractivity contribution in [3.63, 3.8) is 0 Å². The molecular formula is C21H18ClFN4O2. The van der Waals surface area contributed by atoms with Gasteiger partial charge in [0.25, 0.3) is 5.91 Å². The van der Waals surface area contributed by atoms with E-state index in [0.717, 1.165) is 5.56 Å². The monoisotopic (exact) mass is 412 g/mol. The molecule has 2 aromatic carbocycles. The lowest BCUT2D eigenvalue weighted by Crippen LogP contribution is -2.40. The second kappa shape index (κ2) is 7.67. The number of aromatic nitrogens is 2. The minimum absolute atomic E-state index is 0.108. The Labute approximate surface area is 171 Å². The molecule has 2 N–H and O–H groups in total. The molecule has 1 aromatic heterocycles.